The number of carbonyl (C=O) groups is 1. The molecule has 1 rings (SSSR count). The van der Waals surface area contributed by atoms with Crippen molar-refractivity contribution < 1.29 is 9.72 Å². The lowest BCUT2D eigenvalue weighted by atomic mass is 10.1. The van der Waals surface area contributed by atoms with Crippen molar-refractivity contribution in [2.45, 2.75) is 32.7 Å². The van der Waals surface area contributed by atoms with Gasteiger partial charge >= 0.3 is 0 Å². The lowest BCUT2D eigenvalue weighted by Crippen LogP contribution is -2.35. The van der Waals surface area contributed by atoms with Gasteiger partial charge in [0.15, 0.2) is 0 Å². The summed E-state index contributed by atoms with van der Waals surface area (Å²) in [5.74, 6) is -0.327. The Hall–Kier alpha value is -2.18. The predicted molar refractivity (Wildman–Crippen MR) is 71.8 cm³/mol. The second-order valence-corrected chi connectivity index (χ2v) is 4.44. The van der Waals surface area contributed by atoms with Crippen LogP contribution in [0.5, 0.6) is 0 Å². The molecule has 1 amide bonds. The van der Waals surface area contributed by atoms with E-state index in [1.165, 1.54) is 11.0 Å². The molecular formula is C12H18N4O3. The number of nitrogens with zero attached hydrogens (tertiary/aromatic N) is 3. The lowest BCUT2D eigenvalue weighted by Gasteiger charge is -2.24. The Morgan fingerprint density at radius 3 is 2.79 bits per heavy atom. The highest BCUT2D eigenvalue weighted by atomic mass is 16.6. The zero-order valence-corrected chi connectivity index (χ0v) is 11.3. The van der Waals surface area contributed by atoms with Gasteiger partial charge in [-0.2, -0.15) is 0 Å². The maximum absolute atomic E-state index is 12.3. The number of anilines is 1. The molecule has 1 unspecified atom stereocenters. The Morgan fingerprint density at radius 1 is 1.63 bits per heavy atom. The van der Waals surface area contributed by atoms with Gasteiger partial charge in [-0.1, -0.05) is 13.3 Å². The molecule has 0 radical (unpaired) electrons. The summed E-state index contributed by atoms with van der Waals surface area (Å²) in [5.41, 5.74) is 5.15. The van der Waals surface area contributed by atoms with Crippen molar-refractivity contribution in [3.8, 4) is 0 Å². The molecular weight excluding hydrogens is 248 g/mol. The minimum absolute atomic E-state index is 0.00601. The third-order valence-corrected chi connectivity index (χ3v) is 3.02. The molecule has 0 aliphatic carbocycles. The van der Waals surface area contributed by atoms with Crippen molar-refractivity contribution >= 4 is 17.4 Å². The van der Waals surface area contributed by atoms with Crippen LogP contribution < -0.4 is 5.73 Å². The fourth-order valence-corrected chi connectivity index (χ4v) is 1.78. The van der Waals surface area contributed by atoms with Crippen LogP contribution in [-0.4, -0.2) is 33.8 Å². The van der Waals surface area contributed by atoms with Crippen LogP contribution in [0.25, 0.3) is 0 Å². The van der Waals surface area contributed by atoms with Gasteiger partial charge in [0.25, 0.3) is 11.6 Å². The van der Waals surface area contributed by atoms with E-state index >= 15 is 0 Å². The number of amides is 1. The smallest absolute Gasteiger partial charge is 0.300 e. The van der Waals surface area contributed by atoms with Crippen molar-refractivity contribution in [2.24, 2.45) is 0 Å². The molecule has 1 aromatic heterocycles. The highest BCUT2D eigenvalue weighted by Crippen LogP contribution is 2.21. The SMILES string of the molecule is CCCC(C)N(C)C(=O)c1cc(N)ncc1[N+](=O)[O-]. The van der Waals surface area contributed by atoms with Gasteiger partial charge in [-0.3, -0.25) is 14.9 Å². The largest absolute Gasteiger partial charge is 0.384 e. The zero-order chi connectivity index (χ0) is 14.6. The van der Waals surface area contributed by atoms with Crippen LogP contribution in [0, 0.1) is 10.1 Å². The first-order valence-corrected chi connectivity index (χ1v) is 6.05. The van der Waals surface area contributed by atoms with E-state index in [0.29, 0.717) is 0 Å². The van der Waals surface area contributed by atoms with E-state index in [4.69, 9.17) is 5.73 Å². The fraction of sp³-hybridized carbons (Fsp3) is 0.500. The van der Waals surface area contributed by atoms with Gasteiger partial charge in [-0.15, -0.1) is 0 Å². The molecule has 7 heteroatoms. The van der Waals surface area contributed by atoms with E-state index in [9.17, 15) is 14.9 Å². The number of hydrogen-bond donors (Lipinski definition) is 1. The van der Waals surface area contributed by atoms with Crippen molar-refractivity contribution in [1.82, 2.24) is 9.88 Å². The van der Waals surface area contributed by atoms with Crippen LogP contribution in [-0.2, 0) is 0 Å². The van der Waals surface area contributed by atoms with Crippen LogP contribution in [0.15, 0.2) is 12.3 Å². The Kier molecular flexibility index (Phi) is 4.80. The van der Waals surface area contributed by atoms with Gasteiger partial charge in [0.05, 0.1) is 4.92 Å². The van der Waals surface area contributed by atoms with E-state index in [1.807, 2.05) is 13.8 Å². The molecule has 0 bridgehead atoms. The van der Waals surface area contributed by atoms with E-state index in [0.717, 1.165) is 19.0 Å². The van der Waals surface area contributed by atoms with E-state index < -0.39 is 10.8 Å². The van der Waals surface area contributed by atoms with E-state index in [1.54, 1.807) is 7.05 Å². The summed E-state index contributed by atoms with van der Waals surface area (Å²) in [4.78, 5) is 27.7. The maximum Gasteiger partial charge on any atom is 0.300 e. The van der Waals surface area contributed by atoms with Gasteiger partial charge in [0, 0.05) is 13.1 Å². The molecule has 0 fully saturated rings. The second-order valence-electron chi connectivity index (χ2n) is 4.44. The molecule has 104 valence electrons. The average molecular weight is 266 g/mol. The molecule has 7 nitrogen and oxygen atoms in total. The first-order chi connectivity index (χ1) is 8.88. The van der Waals surface area contributed by atoms with Gasteiger partial charge in [-0.25, -0.2) is 4.98 Å². The first kappa shape index (κ1) is 14.9. The summed E-state index contributed by atoms with van der Waals surface area (Å²) in [6.45, 7) is 3.92. The molecule has 1 atom stereocenters. The van der Waals surface area contributed by atoms with Crippen molar-refractivity contribution in [2.75, 3.05) is 12.8 Å². The Bertz CT molecular complexity index is 490. The predicted octanol–water partition coefficient (Wildman–Crippen LogP) is 1.83. The zero-order valence-electron chi connectivity index (χ0n) is 11.3. The topological polar surface area (TPSA) is 102 Å². The highest BCUT2D eigenvalue weighted by Gasteiger charge is 2.25. The summed E-state index contributed by atoms with van der Waals surface area (Å²) in [5, 5.41) is 10.9. The van der Waals surface area contributed by atoms with Crippen molar-refractivity contribution in [3.05, 3.63) is 27.9 Å². The number of nitrogens with two attached hydrogens (primary N) is 1. The van der Waals surface area contributed by atoms with Crippen LogP contribution in [0.3, 0.4) is 0 Å². The molecule has 2 N–H and O–H groups in total. The first-order valence-electron chi connectivity index (χ1n) is 6.05. The number of pyridine rings is 1. The standard InChI is InChI=1S/C12H18N4O3/c1-4-5-8(2)15(3)12(17)9-6-11(13)14-7-10(9)16(18)19/h6-8H,4-5H2,1-3H3,(H2,13,14). The minimum atomic E-state index is -0.627. The monoisotopic (exact) mass is 266 g/mol. The molecule has 0 aliphatic heterocycles. The van der Waals surface area contributed by atoms with E-state index in [-0.39, 0.29) is 23.1 Å². The third-order valence-electron chi connectivity index (χ3n) is 3.02. The Balaban J connectivity index is 3.11. The number of hydrogen-bond acceptors (Lipinski definition) is 5. The summed E-state index contributed by atoms with van der Waals surface area (Å²) < 4.78 is 0. The third kappa shape index (κ3) is 3.40. The number of carbonyl (C=O) groups excluding carboxylic acids is 1. The molecule has 1 aromatic rings. The molecule has 0 aromatic carbocycles. The van der Waals surface area contributed by atoms with Crippen LogP contribution in [0.1, 0.15) is 37.0 Å². The summed E-state index contributed by atoms with van der Waals surface area (Å²) in [7, 11) is 1.63. The average Bonchev–Trinajstić information content (AvgIpc) is 2.36. The molecule has 1 heterocycles. The minimum Gasteiger partial charge on any atom is -0.384 e. The molecule has 0 saturated carbocycles. The summed E-state index contributed by atoms with van der Waals surface area (Å²) in [6.07, 6.45) is 2.77. The fourth-order valence-electron chi connectivity index (χ4n) is 1.78. The summed E-state index contributed by atoms with van der Waals surface area (Å²) in [6, 6.07) is 1.25. The van der Waals surface area contributed by atoms with Gasteiger partial charge in [-0.05, 0) is 19.4 Å². The second kappa shape index (κ2) is 6.12. The lowest BCUT2D eigenvalue weighted by molar-refractivity contribution is -0.385. The summed E-state index contributed by atoms with van der Waals surface area (Å²) >= 11 is 0. The van der Waals surface area contributed by atoms with Crippen molar-refractivity contribution in [3.63, 3.8) is 0 Å². The van der Waals surface area contributed by atoms with E-state index in [2.05, 4.69) is 4.98 Å². The van der Waals surface area contributed by atoms with Crippen LogP contribution in [0.2, 0.25) is 0 Å². The highest BCUT2D eigenvalue weighted by molar-refractivity contribution is 5.98. The van der Waals surface area contributed by atoms with Gasteiger partial charge in [0.2, 0.25) is 0 Å². The quantitative estimate of drug-likeness (QED) is 0.647. The Morgan fingerprint density at radius 2 is 2.26 bits per heavy atom. The number of aromatic nitrogens is 1. The molecule has 0 spiro atoms. The maximum atomic E-state index is 12.3. The molecule has 0 aliphatic rings. The van der Waals surface area contributed by atoms with Crippen LogP contribution in [0.4, 0.5) is 11.5 Å². The number of rotatable bonds is 5. The van der Waals surface area contributed by atoms with Gasteiger partial charge in [0.1, 0.15) is 17.6 Å². The van der Waals surface area contributed by atoms with Crippen molar-refractivity contribution in [1.29, 1.82) is 0 Å². The van der Waals surface area contributed by atoms with Crippen LogP contribution >= 0.6 is 0 Å². The van der Waals surface area contributed by atoms with Gasteiger partial charge < -0.3 is 10.6 Å². The number of nitrogen functional groups attached to an aromatic ring is 1. The number of nitro groups is 1. The Labute approximate surface area is 111 Å². The normalized spacial score (nSPS) is 11.9. The molecule has 0 saturated heterocycles. The molecule has 19 heavy (non-hydrogen) atoms.